The molecule has 14 heavy (non-hydrogen) atoms. The zero-order chi connectivity index (χ0) is 10.7. The van der Waals surface area contributed by atoms with E-state index >= 15 is 0 Å². The molecule has 0 amide bonds. The lowest BCUT2D eigenvalue weighted by Gasteiger charge is -2.18. The van der Waals surface area contributed by atoms with Crippen LogP contribution in [0.25, 0.3) is 0 Å². The smallest absolute Gasteiger partial charge is 0.125 e. The number of ether oxygens (including phenoxy) is 1. The molecule has 0 unspecified atom stereocenters. The number of methoxy groups -OCH3 is 1. The minimum absolute atomic E-state index is 0.453. The first kappa shape index (κ1) is 10.8. The summed E-state index contributed by atoms with van der Waals surface area (Å²) in [5.41, 5.74) is 12.8. The van der Waals surface area contributed by atoms with Gasteiger partial charge < -0.3 is 21.3 Å². The summed E-state index contributed by atoms with van der Waals surface area (Å²) in [6.45, 7) is 1.64. The SMILES string of the molecule is COc1cc(N)ccc1[C@@H](N)[C@H](C)O. The van der Waals surface area contributed by atoms with Crippen molar-refractivity contribution in [3.05, 3.63) is 23.8 Å². The third kappa shape index (κ3) is 2.16. The molecule has 0 radical (unpaired) electrons. The highest BCUT2D eigenvalue weighted by Crippen LogP contribution is 2.27. The van der Waals surface area contributed by atoms with Gasteiger partial charge in [0.1, 0.15) is 5.75 Å². The van der Waals surface area contributed by atoms with E-state index in [0.717, 1.165) is 5.56 Å². The molecule has 0 aliphatic rings. The van der Waals surface area contributed by atoms with Crippen LogP contribution in [0.3, 0.4) is 0 Å². The molecule has 1 aromatic rings. The van der Waals surface area contributed by atoms with Crippen LogP contribution in [0.15, 0.2) is 18.2 Å². The van der Waals surface area contributed by atoms with Gasteiger partial charge in [-0.3, -0.25) is 0 Å². The quantitative estimate of drug-likeness (QED) is 0.620. The van der Waals surface area contributed by atoms with Crippen LogP contribution in [0.5, 0.6) is 5.75 Å². The lowest BCUT2D eigenvalue weighted by atomic mass is 10.0. The molecule has 2 atom stereocenters. The molecule has 0 bridgehead atoms. The predicted octanol–water partition coefficient (Wildman–Crippen LogP) is 0.658. The second-order valence-electron chi connectivity index (χ2n) is 3.27. The third-order valence-electron chi connectivity index (χ3n) is 2.14. The number of hydrogen-bond donors (Lipinski definition) is 3. The Morgan fingerprint density at radius 3 is 2.57 bits per heavy atom. The Morgan fingerprint density at radius 2 is 2.07 bits per heavy atom. The molecule has 5 N–H and O–H groups in total. The van der Waals surface area contributed by atoms with Crippen molar-refractivity contribution >= 4 is 5.69 Å². The van der Waals surface area contributed by atoms with Crippen molar-refractivity contribution in [2.45, 2.75) is 19.1 Å². The zero-order valence-corrected chi connectivity index (χ0v) is 8.40. The number of nitrogen functional groups attached to an aromatic ring is 1. The number of anilines is 1. The van der Waals surface area contributed by atoms with Crippen LogP contribution in [0.4, 0.5) is 5.69 Å². The molecule has 4 nitrogen and oxygen atoms in total. The Morgan fingerprint density at radius 1 is 1.43 bits per heavy atom. The van der Waals surface area contributed by atoms with Crippen molar-refractivity contribution in [3.63, 3.8) is 0 Å². The Balaban J connectivity index is 3.07. The van der Waals surface area contributed by atoms with Crippen molar-refractivity contribution in [1.29, 1.82) is 0 Å². The molecule has 0 saturated heterocycles. The summed E-state index contributed by atoms with van der Waals surface area (Å²) in [5, 5.41) is 9.35. The number of rotatable bonds is 3. The lowest BCUT2D eigenvalue weighted by molar-refractivity contribution is 0.162. The highest BCUT2D eigenvalue weighted by molar-refractivity contribution is 5.49. The van der Waals surface area contributed by atoms with Gasteiger partial charge in [0, 0.05) is 17.3 Å². The molecular weight excluding hydrogens is 180 g/mol. The second-order valence-corrected chi connectivity index (χ2v) is 3.27. The molecule has 1 aromatic carbocycles. The molecule has 1 rings (SSSR count). The van der Waals surface area contributed by atoms with Gasteiger partial charge in [0.05, 0.1) is 19.3 Å². The first-order chi connectivity index (χ1) is 6.56. The van der Waals surface area contributed by atoms with Crippen LogP contribution in [-0.2, 0) is 0 Å². The summed E-state index contributed by atoms with van der Waals surface area (Å²) in [7, 11) is 1.55. The minimum Gasteiger partial charge on any atom is -0.496 e. The van der Waals surface area contributed by atoms with E-state index in [1.54, 1.807) is 32.2 Å². The summed E-state index contributed by atoms with van der Waals surface area (Å²) >= 11 is 0. The zero-order valence-electron chi connectivity index (χ0n) is 8.40. The fourth-order valence-electron chi connectivity index (χ4n) is 1.26. The van der Waals surface area contributed by atoms with Gasteiger partial charge in [-0.1, -0.05) is 6.07 Å². The first-order valence-electron chi connectivity index (χ1n) is 4.43. The van der Waals surface area contributed by atoms with Crippen LogP contribution in [0, 0.1) is 0 Å². The fraction of sp³-hybridized carbons (Fsp3) is 0.400. The van der Waals surface area contributed by atoms with Gasteiger partial charge >= 0.3 is 0 Å². The molecular formula is C10H16N2O2. The number of aliphatic hydroxyl groups excluding tert-OH is 1. The van der Waals surface area contributed by atoms with Crippen molar-refractivity contribution in [2.24, 2.45) is 5.73 Å². The molecule has 0 heterocycles. The summed E-state index contributed by atoms with van der Waals surface area (Å²) < 4.78 is 5.13. The van der Waals surface area contributed by atoms with Crippen molar-refractivity contribution in [3.8, 4) is 5.75 Å². The maximum absolute atomic E-state index is 9.35. The molecule has 0 spiro atoms. The van der Waals surface area contributed by atoms with Crippen LogP contribution in [0.2, 0.25) is 0 Å². The predicted molar refractivity (Wildman–Crippen MR) is 56.0 cm³/mol. The van der Waals surface area contributed by atoms with E-state index in [2.05, 4.69) is 0 Å². The molecule has 0 aliphatic heterocycles. The summed E-state index contributed by atoms with van der Waals surface area (Å²) in [6.07, 6.45) is -0.618. The van der Waals surface area contributed by atoms with E-state index in [9.17, 15) is 5.11 Å². The van der Waals surface area contributed by atoms with Crippen molar-refractivity contribution in [1.82, 2.24) is 0 Å². The third-order valence-corrected chi connectivity index (χ3v) is 2.14. The van der Waals surface area contributed by atoms with Gasteiger partial charge in [-0.15, -0.1) is 0 Å². The lowest BCUT2D eigenvalue weighted by Crippen LogP contribution is -2.23. The van der Waals surface area contributed by atoms with Gasteiger partial charge in [0.2, 0.25) is 0 Å². The molecule has 0 saturated carbocycles. The molecule has 0 aromatic heterocycles. The van der Waals surface area contributed by atoms with E-state index < -0.39 is 12.1 Å². The monoisotopic (exact) mass is 196 g/mol. The van der Waals surface area contributed by atoms with E-state index in [-0.39, 0.29) is 0 Å². The van der Waals surface area contributed by atoms with Crippen molar-refractivity contribution in [2.75, 3.05) is 12.8 Å². The Kier molecular flexibility index (Phi) is 3.33. The Hall–Kier alpha value is -1.26. The van der Waals surface area contributed by atoms with E-state index in [0.29, 0.717) is 11.4 Å². The second kappa shape index (κ2) is 4.30. The van der Waals surface area contributed by atoms with Gasteiger partial charge in [-0.2, -0.15) is 0 Å². The highest BCUT2D eigenvalue weighted by Gasteiger charge is 2.16. The maximum Gasteiger partial charge on any atom is 0.125 e. The van der Waals surface area contributed by atoms with E-state index in [1.165, 1.54) is 0 Å². The highest BCUT2D eigenvalue weighted by atomic mass is 16.5. The van der Waals surface area contributed by atoms with Crippen LogP contribution in [0.1, 0.15) is 18.5 Å². The molecule has 0 aliphatic carbocycles. The Bertz CT molecular complexity index is 313. The van der Waals surface area contributed by atoms with E-state index in [1.807, 2.05) is 0 Å². The number of hydrogen-bond acceptors (Lipinski definition) is 4. The van der Waals surface area contributed by atoms with Crippen molar-refractivity contribution < 1.29 is 9.84 Å². The molecule has 78 valence electrons. The van der Waals surface area contributed by atoms with Gasteiger partial charge in [0.15, 0.2) is 0 Å². The van der Waals surface area contributed by atoms with Crippen LogP contribution < -0.4 is 16.2 Å². The van der Waals surface area contributed by atoms with Crippen LogP contribution in [-0.4, -0.2) is 18.3 Å². The largest absolute Gasteiger partial charge is 0.496 e. The van der Waals surface area contributed by atoms with Crippen LogP contribution >= 0.6 is 0 Å². The van der Waals surface area contributed by atoms with Gasteiger partial charge in [-0.25, -0.2) is 0 Å². The Labute approximate surface area is 83.5 Å². The number of nitrogens with two attached hydrogens (primary N) is 2. The summed E-state index contributed by atoms with van der Waals surface area (Å²) in [6, 6.07) is 4.74. The minimum atomic E-state index is -0.618. The average molecular weight is 196 g/mol. The van der Waals surface area contributed by atoms with Gasteiger partial charge in [-0.05, 0) is 13.0 Å². The first-order valence-corrected chi connectivity index (χ1v) is 4.43. The summed E-state index contributed by atoms with van der Waals surface area (Å²) in [4.78, 5) is 0. The fourth-order valence-corrected chi connectivity index (χ4v) is 1.26. The summed E-state index contributed by atoms with van der Waals surface area (Å²) in [5.74, 6) is 0.610. The van der Waals surface area contributed by atoms with E-state index in [4.69, 9.17) is 16.2 Å². The molecule has 0 fully saturated rings. The van der Waals surface area contributed by atoms with Gasteiger partial charge in [0.25, 0.3) is 0 Å². The standard InChI is InChI=1S/C10H16N2O2/c1-6(13)10(12)8-4-3-7(11)5-9(8)14-2/h3-6,10,13H,11-12H2,1-2H3/t6-,10-/m0/s1. The number of benzene rings is 1. The molecule has 4 heteroatoms. The average Bonchev–Trinajstić information content (AvgIpc) is 2.16. The normalized spacial score (nSPS) is 14.9. The topological polar surface area (TPSA) is 81.5 Å². The number of aliphatic hydroxyl groups is 1. The maximum atomic E-state index is 9.35.